The molecular formula is C14H15N3O. The van der Waals surface area contributed by atoms with E-state index in [2.05, 4.69) is 9.97 Å². The summed E-state index contributed by atoms with van der Waals surface area (Å²) >= 11 is 0. The van der Waals surface area contributed by atoms with Crippen molar-refractivity contribution in [1.82, 2.24) is 9.97 Å². The number of hydrogen-bond donors (Lipinski definition) is 0. The molecule has 0 N–H and O–H groups in total. The number of aromatic nitrogens is 2. The summed E-state index contributed by atoms with van der Waals surface area (Å²) in [5.41, 5.74) is 0.824. The van der Waals surface area contributed by atoms with Crippen molar-refractivity contribution in [2.24, 2.45) is 5.92 Å². The van der Waals surface area contributed by atoms with Gasteiger partial charge >= 0.3 is 0 Å². The Labute approximate surface area is 106 Å². The molecule has 0 aliphatic heterocycles. The van der Waals surface area contributed by atoms with E-state index in [4.69, 9.17) is 5.26 Å². The van der Waals surface area contributed by atoms with Crippen LogP contribution in [-0.2, 0) is 4.79 Å². The van der Waals surface area contributed by atoms with Gasteiger partial charge in [-0.3, -0.25) is 4.79 Å². The zero-order chi connectivity index (χ0) is 13.0. The van der Waals surface area contributed by atoms with E-state index < -0.39 is 0 Å². The fourth-order valence-electron chi connectivity index (χ4n) is 2.27. The lowest BCUT2D eigenvalue weighted by molar-refractivity contribution is -0.118. The average molecular weight is 241 g/mol. The molecule has 1 aromatic heterocycles. The Morgan fingerprint density at radius 3 is 2.83 bits per heavy atom. The standard InChI is InChI=1S/C14H15N3O/c1-10-16-7-6-13(17-10)8-12(9-15)14(18)11-4-2-3-5-11/h6-8,11H,2-5H2,1H3. The summed E-state index contributed by atoms with van der Waals surface area (Å²) in [6, 6.07) is 3.70. The van der Waals surface area contributed by atoms with Gasteiger partial charge in [-0.05, 0) is 31.9 Å². The Morgan fingerprint density at radius 2 is 2.22 bits per heavy atom. The van der Waals surface area contributed by atoms with E-state index in [0.29, 0.717) is 11.5 Å². The van der Waals surface area contributed by atoms with E-state index in [1.165, 1.54) is 0 Å². The number of rotatable bonds is 3. The van der Waals surface area contributed by atoms with Gasteiger partial charge in [-0.15, -0.1) is 0 Å². The zero-order valence-electron chi connectivity index (χ0n) is 10.4. The second kappa shape index (κ2) is 5.54. The van der Waals surface area contributed by atoms with Crippen molar-refractivity contribution in [3.05, 3.63) is 29.4 Å². The van der Waals surface area contributed by atoms with Crippen LogP contribution in [0, 0.1) is 24.2 Å². The molecule has 0 aromatic carbocycles. The van der Waals surface area contributed by atoms with Gasteiger partial charge in [0.1, 0.15) is 11.9 Å². The number of carbonyl (C=O) groups excluding carboxylic acids is 1. The van der Waals surface area contributed by atoms with Crippen molar-refractivity contribution in [2.75, 3.05) is 0 Å². The van der Waals surface area contributed by atoms with Gasteiger partial charge in [0.05, 0.1) is 11.3 Å². The summed E-state index contributed by atoms with van der Waals surface area (Å²) in [6.07, 6.45) is 7.17. The van der Waals surface area contributed by atoms with Crippen LogP contribution >= 0.6 is 0 Å². The molecule has 1 saturated carbocycles. The van der Waals surface area contributed by atoms with Crippen LogP contribution in [0.5, 0.6) is 0 Å². The molecule has 1 aliphatic rings. The lowest BCUT2D eigenvalue weighted by Crippen LogP contribution is -2.12. The highest BCUT2D eigenvalue weighted by Gasteiger charge is 2.25. The number of hydrogen-bond acceptors (Lipinski definition) is 4. The number of nitrogens with zero attached hydrogens (tertiary/aromatic N) is 3. The molecule has 0 bridgehead atoms. The SMILES string of the molecule is Cc1nccc(C=C(C#N)C(=O)C2CCCC2)n1. The Balaban J connectivity index is 2.23. The third kappa shape index (κ3) is 2.80. The van der Waals surface area contributed by atoms with Crippen molar-refractivity contribution in [1.29, 1.82) is 5.26 Å². The molecule has 1 fully saturated rings. The largest absolute Gasteiger partial charge is 0.293 e. The summed E-state index contributed by atoms with van der Waals surface area (Å²) in [4.78, 5) is 20.3. The summed E-state index contributed by atoms with van der Waals surface area (Å²) < 4.78 is 0. The molecule has 0 amide bonds. The smallest absolute Gasteiger partial charge is 0.176 e. The molecule has 4 nitrogen and oxygen atoms in total. The molecule has 1 aliphatic carbocycles. The second-order valence-electron chi connectivity index (χ2n) is 4.54. The van der Waals surface area contributed by atoms with Crippen LogP contribution in [0.2, 0.25) is 0 Å². The maximum Gasteiger partial charge on any atom is 0.176 e. The van der Waals surface area contributed by atoms with Crippen molar-refractivity contribution in [3.63, 3.8) is 0 Å². The number of allylic oxidation sites excluding steroid dienone is 1. The van der Waals surface area contributed by atoms with Crippen molar-refractivity contribution in [3.8, 4) is 6.07 Å². The Hall–Kier alpha value is -2.02. The molecule has 92 valence electrons. The number of ketones is 1. The highest BCUT2D eigenvalue weighted by atomic mass is 16.1. The average Bonchev–Trinajstić information content (AvgIpc) is 2.89. The number of carbonyl (C=O) groups is 1. The van der Waals surface area contributed by atoms with E-state index in [-0.39, 0.29) is 17.3 Å². The normalized spacial score (nSPS) is 16.6. The van der Waals surface area contributed by atoms with Crippen LogP contribution in [0.1, 0.15) is 37.2 Å². The Morgan fingerprint density at radius 1 is 1.50 bits per heavy atom. The summed E-state index contributed by atoms with van der Waals surface area (Å²) in [7, 11) is 0. The molecule has 0 unspecified atom stereocenters. The minimum absolute atomic E-state index is 0.0267. The van der Waals surface area contributed by atoms with Gasteiger partial charge in [-0.1, -0.05) is 12.8 Å². The maximum atomic E-state index is 12.1. The molecule has 1 aromatic rings. The number of aryl methyl sites for hydroxylation is 1. The van der Waals surface area contributed by atoms with Gasteiger partial charge in [0.15, 0.2) is 5.78 Å². The van der Waals surface area contributed by atoms with Crippen LogP contribution in [0.15, 0.2) is 17.8 Å². The van der Waals surface area contributed by atoms with E-state index in [9.17, 15) is 4.79 Å². The quantitative estimate of drug-likeness (QED) is 0.602. The van der Waals surface area contributed by atoms with Crippen molar-refractivity contribution < 1.29 is 4.79 Å². The third-order valence-corrected chi connectivity index (χ3v) is 3.20. The topological polar surface area (TPSA) is 66.6 Å². The van der Waals surface area contributed by atoms with E-state index in [1.807, 2.05) is 6.07 Å². The molecule has 1 heterocycles. The van der Waals surface area contributed by atoms with Gasteiger partial charge in [0.25, 0.3) is 0 Å². The fraction of sp³-hybridized carbons (Fsp3) is 0.429. The highest BCUT2D eigenvalue weighted by Crippen LogP contribution is 2.28. The van der Waals surface area contributed by atoms with Crippen LogP contribution < -0.4 is 0 Å². The fourth-order valence-corrected chi connectivity index (χ4v) is 2.27. The maximum absolute atomic E-state index is 12.1. The Bertz CT molecular complexity index is 522. The first-order valence-electron chi connectivity index (χ1n) is 6.16. The first kappa shape index (κ1) is 12.4. The number of Topliss-reactive ketones (excluding diaryl/α,β-unsaturated/α-hetero) is 1. The first-order valence-corrected chi connectivity index (χ1v) is 6.16. The Kier molecular flexibility index (Phi) is 3.83. The predicted molar refractivity (Wildman–Crippen MR) is 67.3 cm³/mol. The van der Waals surface area contributed by atoms with Gasteiger partial charge in [0.2, 0.25) is 0 Å². The van der Waals surface area contributed by atoms with Crippen molar-refractivity contribution in [2.45, 2.75) is 32.6 Å². The molecular weight excluding hydrogens is 226 g/mol. The minimum Gasteiger partial charge on any atom is -0.293 e. The van der Waals surface area contributed by atoms with Gasteiger partial charge in [0, 0.05) is 12.1 Å². The van der Waals surface area contributed by atoms with Crippen molar-refractivity contribution >= 4 is 11.9 Å². The summed E-state index contributed by atoms with van der Waals surface area (Å²) in [5, 5.41) is 9.10. The van der Waals surface area contributed by atoms with Crippen LogP contribution in [-0.4, -0.2) is 15.8 Å². The van der Waals surface area contributed by atoms with Gasteiger partial charge in [-0.2, -0.15) is 5.26 Å². The minimum atomic E-state index is -0.0359. The molecule has 2 rings (SSSR count). The van der Waals surface area contributed by atoms with E-state index in [1.54, 1.807) is 25.3 Å². The third-order valence-electron chi connectivity index (χ3n) is 3.20. The van der Waals surface area contributed by atoms with Gasteiger partial charge < -0.3 is 0 Å². The summed E-state index contributed by atoms with van der Waals surface area (Å²) in [6.45, 7) is 1.78. The van der Waals surface area contributed by atoms with E-state index in [0.717, 1.165) is 25.7 Å². The molecule has 18 heavy (non-hydrogen) atoms. The molecule has 4 heteroatoms. The monoisotopic (exact) mass is 241 g/mol. The summed E-state index contributed by atoms with van der Waals surface area (Å²) in [5.74, 6) is 0.624. The van der Waals surface area contributed by atoms with E-state index >= 15 is 0 Å². The van der Waals surface area contributed by atoms with Crippen LogP contribution in [0.4, 0.5) is 0 Å². The predicted octanol–water partition coefficient (Wildman–Crippen LogP) is 2.45. The molecule has 0 spiro atoms. The molecule has 0 radical (unpaired) electrons. The second-order valence-corrected chi connectivity index (χ2v) is 4.54. The first-order chi connectivity index (χ1) is 8.70. The lowest BCUT2D eigenvalue weighted by atomic mass is 9.96. The molecule has 0 atom stereocenters. The number of nitriles is 1. The lowest BCUT2D eigenvalue weighted by Gasteiger charge is -2.06. The molecule has 0 saturated heterocycles. The highest BCUT2D eigenvalue weighted by molar-refractivity contribution is 6.04. The van der Waals surface area contributed by atoms with Crippen LogP contribution in [0.3, 0.4) is 0 Å². The zero-order valence-corrected chi connectivity index (χ0v) is 10.4. The van der Waals surface area contributed by atoms with Gasteiger partial charge in [-0.25, -0.2) is 9.97 Å². The van der Waals surface area contributed by atoms with Crippen LogP contribution in [0.25, 0.3) is 6.08 Å².